The van der Waals surface area contributed by atoms with Gasteiger partial charge in [0.2, 0.25) is 0 Å². The fourth-order valence-electron chi connectivity index (χ4n) is 1.36. The number of hydrogen-bond donors (Lipinski definition) is 1. The molecule has 0 fully saturated rings. The van der Waals surface area contributed by atoms with Gasteiger partial charge in [0.05, 0.1) is 0 Å². The van der Waals surface area contributed by atoms with E-state index >= 15 is 0 Å². The molecule has 82 valence electrons. The highest BCUT2D eigenvalue weighted by Gasteiger charge is 2.29. The maximum atomic E-state index is 11.4. The standard InChI is InChI=1S/C11H11N3O2/c1-14-10(15)9(13-11(14)16)12-7-8-5-3-2-4-6-8/h2-6H,7H2,1H3,(H,12,13,16). The molecule has 16 heavy (non-hydrogen) atoms. The van der Waals surface area contributed by atoms with Crippen LogP contribution in [0.25, 0.3) is 0 Å². The second-order valence-corrected chi connectivity index (χ2v) is 3.45. The first kappa shape index (κ1) is 10.4. The lowest BCUT2D eigenvalue weighted by atomic mass is 10.2. The Morgan fingerprint density at radius 2 is 1.94 bits per heavy atom. The molecule has 2 rings (SSSR count). The molecule has 0 aromatic heterocycles. The number of carbonyl (C=O) groups is 2. The van der Waals surface area contributed by atoms with Gasteiger partial charge in [-0.3, -0.25) is 9.69 Å². The summed E-state index contributed by atoms with van der Waals surface area (Å²) in [4.78, 5) is 27.1. The van der Waals surface area contributed by atoms with Crippen LogP contribution in [0, 0.1) is 0 Å². The molecule has 0 spiro atoms. The number of nitrogens with one attached hydrogen (secondary N) is 1. The van der Waals surface area contributed by atoms with Crippen LogP contribution in [0.5, 0.6) is 0 Å². The van der Waals surface area contributed by atoms with Gasteiger partial charge in [0, 0.05) is 13.6 Å². The number of benzene rings is 1. The molecule has 1 N–H and O–H groups in total. The molecule has 5 heteroatoms. The fourth-order valence-corrected chi connectivity index (χ4v) is 1.36. The van der Waals surface area contributed by atoms with Crippen molar-refractivity contribution >= 4 is 17.8 Å². The van der Waals surface area contributed by atoms with Crippen molar-refractivity contribution in [3.8, 4) is 0 Å². The van der Waals surface area contributed by atoms with Gasteiger partial charge in [-0.05, 0) is 5.56 Å². The number of aliphatic imine (C=N–C) groups is 1. The van der Waals surface area contributed by atoms with Crippen LogP contribution in [-0.2, 0) is 11.3 Å². The Bertz CT molecular complexity index is 454. The van der Waals surface area contributed by atoms with Gasteiger partial charge in [-0.25, -0.2) is 4.79 Å². The predicted molar refractivity (Wildman–Crippen MR) is 58.9 cm³/mol. The van der Waals surface area contributed by atoms with Crippen LogP contribution in [0.2, 0.25) is 0 Å². The van der Waals surface area contributed by atoms with Gasteiger partial charge in [0.25, 0.3) is 5.91 Å². The summed E-state index contributed by atoms with van der Waals surface area (Å²) in [7, 11) is 1.41. The van der Waals surface area contributed by atoms with Gasteiger partial charge < -0.3 is 5.32 Å². The first-order valence-corrected chi connectivity index (χ1v) is 4.87. The highest BCUT2D eigenvalue weighted by Crippen LogP contribution is 2.03. The molecule has 1 aliphatic rings. The third-order valence-electron chi connectivity index (χ3n) is 2.30. The number of amides is 3. The molecule has 3 amide bonds. The fraction of sp³-hybridized carbons (Fsp3) is 0.182. The summed E-state index contributed by atoms with van der Waals surface area (Å²) in [5.74, 6) is -0.280. The molecule has 0 atom stereocenters. The number of imide groups is 1. The van der Waals surface area contributed by atoms with Crippen LogP contribution in [0.1, 0.15) is 5.56 Å². The van der Waals surface area contributed by atoms with E-state index in [4.69, 9.17) is 0 Å². The first-order valence-electron chi connectivity index (χ1n) is 4.87. The van der Waals surface area contributed by atoms with E-state index in [2.05, 4.69) is 10.3 Å². The van der Waals surface area contributed by atoms with Gasteiger partial charge in [0.15, 0.2) is 5.84 Å². The Balaban J connectivity index is 2.00. The Kier molecular flexibility index (Phi) is 2.68. The summed E-state index contributed by atoms with van der Waals surface area (Å²) in [6, 6.07) is 9.07. The van der Waals surface area contributed by atoms with Crippen LogP contribution >= 0.6 is 0 Å². The summed E-state index contributed by atoms with van der Waals surface area (Å²) in [6.07, 6.45) is 0. The average Bonchev–Trinajstić information content (AvgIpc) is 2.56. The van der Waals surface area contributed by atoms with Gasteiger partial charge >= 0.3 is 6.03 Å². The molecule has 0 radical (unpaired) electrons. The molecule has 0 aliphatic carbocycles. The quantitative estimate of drug-likeness (QED) is 0.795. The minimum atomic E-state index is -0.527. The molecule has 1 heterocycles. The lowest BCUT2D eigenvalue weighted by Gasteiger charge is -2.06. The van der Waals surface area contributed by atoms with Crippen molar-refractivity contribution in [1.82, 2.24) is 10.2 Å². The topological polar surface area (TPSA) is 61.8 Å². The van der Waals surface area contributed by atoms with Gasteiger partial charge in [-0.1, -0.05) is 30.3 Å². The second-order valence-electron chi connectivity index (χ2n) is 3.45. The van der Waals surface area contributed by atoms with Crippen molar-refractivity contribution in [3.63, 3.8) is 0 Å². The van der Waals surface area contributed by atoms with Crippen LogP contribution < -0.4 is 5.32 Å². The summed E-state index contributed by atoms with van der Waals surface area (Å²) in [6.45, 7) is 0.479. The van der Waals surface area contributed by atoms with Crippen molar-refractivity contribution in [3.05, 3.63) is 35.9 Å². The number of rotatable bonds is 2. The van der Waals surface area contributed by atoms with Crippen molar-refractivity contribution in [2.24, 2.45) is 4.99 Å². The monoisotopic (exact) mass is 217 g/mol. The zero-order valence-corrected chi connectivity index (χ0v) is 8.80. The molecule has 1 aromatic rings. The molecule has 1 aromatic carbocycles. The molecule has 0 bridgehead atoms. The van der Waals surface area contributed by atoms with Gasteiger partial charge in [-0.2, -0.15) is 4.99 Å². The highest BCUT2D eigenvalue weighted by molar-refractivity contribution is 6.45. The number of hydrogen-bond acceptors (Lipinski definition) is 3. The number of likely N-dealkylation sites (N-methyl/N-ethyl adjacent to an activating group) is 1. The molecular formula is C11H11N3O2. The minimum absolute atomic E-state index is 0.108. The maximum Gasteiger partial charge on any atom is 0.352 e. The van der Waals surface area contributed by atoms with Gasteiger partial charge in [0.1, 0.15) is 0 Å². The Morgan fingerprint density at radius 1 is 1.25 bits per heavy atom. The van der Waals surface area contributed by atoms with Crippen molar-refractivity contribution in [1.29, 1.82) is 0 Å². The van der Waals surface area contributed by atoms with Crippen molar-refractivity contribution < 1.29 is 9.59 Å². The predicted octanol–water partition coefficient (Wildman–Crippen LogP) is 0.767. The van der Waals surface area contributed by atoms with E-state index in [1.54, 1.807) is 0 Å². The average molecular weight is 217 g/mol. The smallest absolute Gasteiger partial charge is 0.352 e. The van der Waals surface area contributed by atoms with E-state index in [9.17, 15) is 9.59 Å². The molecule has 0 saturated heterocycles. The Morgan fingerprint density at radius 3 is 2.50 bits per heavy atom. The van der Waals surface area contributed by atoms with E-state index < -0.39 is 6.03 Å². The largest absolute Gasteiger partial charge is 0.361 e. The normalized spacial score (nSPS) is 15.3. The molecule has 0 saturated carbocycles. The third-order valence-corrected chi connectivity index (χ3v) is 2.30. The summed E-state index contributed by atoms with van der Waals surface area (Å²) < 4.78 is 0. The number of amidine groups is 1. The summed E-state index contributed by atoms with van der Waals surface area (Å²) in [5.41, 5.74) is 1.03. The van der Waals surface area contributed by atoms with E-state index in [1.165, 1.54) is 7.05 Å². The van der Waals surface area contributed by atoms with Gasteiger partial charge in [-0.15, -0.1) is 0 Å². The van der Waals surface area contributed by atoms with Crippen LogP contribution in [0.4, 0.5) is 4.79 Å². The SMILES string of the molecule is CN1C(=O)N=C(NCc2ccccc2)C1=O. The third kappa shape index (κ3) is 1.93. The highest BCUT2D eigenvalue weighted by atomic mass is 16.2. The molecule has 1 aliphatic heterocycles. The summed E-state index contributed by atoms with van der Waals surface area (Å²) in [5, 5.41) is 2.85. The lowest BCUT2D eigenvalue weighted by molar-refractivity contribution is -0.119. The lowest BCUT2D eigenvalue weighted by Crippen LogP contribution is -2.35. The zero-order chi connectivity index (χ0) is 11.5. The molecule has 0 unspecified atom stereocenters. The van der Waals surface area contributed by atoms with Crippen LogP contribution in [-0.4, -0.2) is 29.7 Å². The molecular weight excluding hydrogens is 206 g/mol. The van der Waals surface area contributed by atoms with E-state index in [1.807, 2.05) is 30.3 Å². The van der Waals surface area contributed by atoms with E-state index in [0.717, 1.165) is 10.5 Å². The van der Waals surface area contributed by atoms with E-state index in [-0.39, 0.29) is 11.7 Å². The zero-order valence-electron chi connectivity index (χ0n) is 8.80. The Labute approximate surface area is 92.8 Å². The maximum absolute atomic E-state index is 11.4. The van der Waals surface area contributed by atoms with E-state index in [0.29, 0.717) is 6.54 Å². The number of nitrogens with zero attached hydrogens (tertiary/aromatic N) is 2. The first-order chi connectivity index (χ1) is 7.68. The second kappa shape index (κ2) is 4.14. The number of urea groups is 1. The number of carbonyl (C=O) groups excluding carboxylic acids is 2. The molecule has 5 nitrogen and oxygen atoms in total. The van der Waals surface area contributed by atoms with Crippen molar-refractivity contribution in [2.45, 2.75) is 6.54 Å². The minimum Gasteiger partial charge on any atom is -0.361 e. The summed E-state index contributed by atoms with van der Waals surface area (Å²) >= 11 is 0. The Hall–Kier alpha value is -2.17. The van der Waals surface area contributed by atoms with Crippen LogP contribution in [0.3, 0.4) is 0 Å². The van der Waals surface area contributed by atoms with Crippen molar-refractivity contribution in [2.75, 3.05) is 7.05 Å². The van der Waals surface area contributed by atoms with Crippen LogP contribution in [0.15, 0.2) is 35.3 Å².